The van der Waals surface area contributed by atoms with Gasteiger partial charge in [-0.25, -0.2) is 12.7 Å². The average Bonchev–Trinajstić information content (AvgIpc) is 2.59. The fourth-order valence-corrected chi connectivity index (χ4v) is 3.24. The summed E-state index contributed by atoms with van der Waals surface area (Å²) in [6.45, 7) is 1.69. The highest BCUT2D eigenvalue weighted by Gasteiger charge is 2.18. The van der Waals surface area contributed by atoms with E-state index in [-0.39, 0.29) is 22.7 Å². The molecule has 26 heavy (non-hydrogen) atoms. The van der Waals surface area contributed by atoms with Gasteiger partial charge in [-0.1, -0.05) is 18.2 Å². The minimum atomic E-state index is -3.50. The molecule has 0 heterocycles. The van der Waals surface area contributed by atoms with Gasteiger partial charge in [-0.3, -0.25) is 14.9 Å². The summed E-state index contributed by atoms with van der Waals surface area (Å²) in [5, 5.41) is 13.6. The van der Waals surface area contributed by atoms with Gasteiger partial charge in [0.1, 0.15) is 0 Å². The van der Waals surface area contributed by atoms with Crippen LogP contribution < -0.4 is 5.32 Å². The lowest BCUT2D eigenvalue weighted by Gasteiger charge is -2.12. The van der Waals surface area contributed by atoms with Gasteiger partial charge in [-0.15, -0.1) is 0 Å². The number of nitro benzene ring substituents is 1. The van der Waals surface area contributed by atoms with E-state index in [9.17, 15) is 23.3 Å². The summed E-state index contributed by atoms with van der Waals surface area (Å²) in [7, 11) is -0.606. The van der Waals surface area contributed by atoms with Crippen molar-refractivity contribution in [2.75, 3.05) is 14.1 Å². The molecule has 1 N–H and O–H groups in total. The molecule has 0 radical (unpaired) electrons. The molecule has 2 aromatic rings. The zero-order chi connectivity index (χ0) is 19.5. The van der Waals surface area contributed by atoms with Gasteiger partial charge in [0.2, 0.25) is 10.0 Å². The van der Waals surface area contributed by atoms with E-state index in [1.807, 2.05) is 0 Å². The third-order valence-corrected chi connectivity index (χ3v) is 5.73. The number of hydrogen-bond donors (Lipinski definition) is 1. The van der Waals surface area contributed by atoms with Crippen LogP contribution in [-0.2, 0) is 16.6 Å². The minimum absolute atomic E-state index is 0.115. The Labute approximate surface area is 151 Å². The molecule has 0 spiro atoms. The van der Waals surface area contributed by atoms with E-state index >= 15 is 0 Å². The normalized spacial score (nSPS) is 11.4. The molecular weight excluding hydrogens is 358 g/mol. The number of nitrogens with one attached hydrogen (secondary N) is 1. The lowest BCUT2D eigenvalue weighted by Crippen LogP contribution is -2.24. The first-order valence-electron chi connectivity index (χ1n) is 7.68. The zero-order valence-electron chi connectivity index (χ0n) is 14.6. The van der Waals surface area contributed by atoms with Crippen molar-refractivity contribution in [2.24, 2.45) is 0 Å². The molecule has 0 bridgehead atoms. The molecule has 2 rings (SSSR count). The molecule has 0 unspecified atom stereocenters. The number of nitrogens with zero attached hydrogens (tertiary/aromatic N) is 2. The van der Waals surface area contributed by atoms with Crippen molar-refractivity contribution in [1.29, 1.82) is 0 Å². The van der Waals surface area contributed by atoms with Gasteiger partial charge in [0.05, 0.1) is 9.82 Å². The van der Waals surface area contributed by atoms with E-state index in [4.69, 9.17) is 0 Å². The lowest BCUT2D eigenvalue weighted by atomic mass is 10.1. The van der Waals surface area contributed by atoms with E-state index in [1.165, 1.54) is 51.4 Å². The van der Waals surface area contributed by atoms with Crippen LogP contribution in [-0.4, -0.2) is 37.6 Å². The molecule has 0 aromatic heterocycles. The van der Waals surface area contributed by atoms with Crippen molar-refractivity contribution in [3.63, 3.8) is 0 Å². The van der Waals surface area contributed by atoms with Crippen molar-refractivity contribution in [2.45, 2.75) is 18.4 Å². The average molecular weight is 377 g/mol. The van der Waals surface area contributed by atoms with Gasteiger partial charge in [-0.05, 0) is 30.7 Å². The SMILES string of the molecule is Cc1c(C(=O)NCc2ccc(S(=O)(=O)N(C)C)cc2)cccc1[N+](=O)[O-]. The highest BCUT2D eigenvalue weighted by molar-refractivity contribution is 7.89. The quantitative estimate of drug-likeness (QED) is 0.612. The number of carbonyl (C=O) groups is 1. The maximum absolute atomic E-state index is 12.3. The molecule has 0 saturated carbocycles. The number of sulfonamides is 1. The van der Waals surface area contributed by atoms with Crippen LogP contribution in [0.25, 0.3) is 0 Å². The van der Waals surface area contributed by atoms with Crippen molar-refractivity contribution >= 4 is 21.6 Å². The molecule has 9 heteroatoms. The number of amides is 1. The Morgan fingerprint density at radius 1 is 1.15 bits per heavy atom. The Morgan fingerprint density at radius 2 is 1.77 bits per heavy atom. The second-order valence-electron chi connectivity index (χ2n) is 5.82. The number of rotatable bonds is 6. The second-order valence-corrected chi connectivity index (χ2v) is 7.97. The van der Waals surface area contributed by atoms with Crippen molar-refractivity contribution < 1.29 is 18.1 Å². The molecule has 0 atom stereocenters. The third-order valence-electron chi connectivity index (χ3n) is 3.90. The van der Waals surface area contributed by atoms with Crippen LogP contribution in [0.5, 0.6) is 0 Å². The van der Waals surface area contributed by atoms with Crippen molar-refractivity contribution in [3.05, 3.63) is 69.3 Å². The molecule has 0 aliphatic carbocycles. The Bertz CT molecular complexity index is 937. The van der Waals surface area contributed by atoms with Gasteiger partial charge in [0.15, 0.2) is 0 Å². The van der Waals surface area contributed by atoms with Crippen LogP contribution >= 0.6 is 0 Å². The molecule has 1 amide bonds. The first-order valence-corrected chi connectivity index (χ1v) is 9.12. The number of nitro groups is 1. The first-order chi connectivity index (χ1) is 12.1. The second kappa shape index (κ2) is 7.63. The zero-order valence-corrected chi connectivity index (χ0v) is 15.4. The van der Waals surface area contributed by atoms with Crippen LogP contribution in [0.2, 0.25) is 0 Å². The third kappa shape index (κ3) is 4.06. The summed E-state index contributed by atoms with van der Waals surface area (Å²) in [5.41, 5.74) is 1.11. The fourth-order valence-electron chi connectivity index (χ4n) is 2.33. The number of benzene rings is 2. The molecule has 0 aliphatic heterocycles. The monoisotopic (exact) mass is 377 g/mol. The maximum Gasteiger partial charge on any atom is 0.273 e. The van der Waals surface area contributed by atoms with Crippen LogP contribution in [0.15, 0.2) is 47.4 Å². The van der Waals surface area contributed by atoms with Crippen LogP contribution in [0.3, 0.4) is 0 Å². The van der Waals surface area contributed by atoms with E-state index in [2.05, 4.69) is 5.32 Å². The number of hydrogen-bond acceptors (Lipinski definition) is 5. The Morgan fingerprint density at radius 3 is 2.31 bits per heavy atom. The molecule has 138 valence electrons. The standard InChI is InChI=1S/C17H19N3O5S/c1-12-15(5-4-6-16(12)20(22)23)17(21)18-11-13-7-9-14(10-8-13)26(24,25)19(2)3/h4-10H,11H2,1-3H3,(H,18,21). The van der Waals surface area contributed by atoms with Gasteiger partial charge in [0, 0.05) is 37.8 Å². The van der Waals surface area contributed by atoms with Crippen LogP contribution in [0.1, 0.15) is 21.5 Å². The highest BCUT2D eigenvalue weighted by atomic mass is 32.2. The van der Waals surface area contributed by atoms with Crippen LogP contribution in [0, 0.1) is 17.0 Å². The number of carbonyl (C=O) groups excluding carboxylic acids is 1. The van der Waals surface area contributed by atoms with E-state index in [0.717, 1.165) is 4.31 Å². The predicted molar refractivity (Wildman–Crippen MR) is 96.3 cm³/mol. The first kappa shape index (κ1) is 19.5. The molecular formula is C17H19N3O5S. The molecule has 0 fully saturated rings. The summed E-state index contributed by atoms with van der Waals surface area (Å²) in [6.07, 6.45) is 0. The smallest absolute Gasteiger partial charge is 0.273 e. The fraction of sp³-hybridized carbons (Fsp3) is 0.235. The van der Waals surface area contributed by atoms with E-state index in [0.29, 0.717) is 11.1 Å². The van der Waals surface area contributed by atoms with Gasteiger partial charge < -0.3 is 5.32 Å². The molecule has 8 nitrogen and oxygen atoms in total. The van der Waals surface area contributed by atoms with Gasteiger partial charge >= 0.3 is 0 Å². The Kier molecular flexibility index (Phi) is 5.73. The molecule has 0 aliphatic rings. The van der Waals surface area contributed by atoms with Gasteiger partial charge in [0.25, 0.3) is 11.6 Å². The minimum Gasteiger partial charge on any atom is -0.348 e. The lowest BCUT2D eigenvalue weighted by molar-refractivity contribution is -0.385. The summed E-state index contributed by atoms with van der Waals surface area (Å²) in [6, 6.07) is 10.5. The molecule has 2 aromatic carbocycles. The summed E-state index contributed by atoms with van der Waals surface area (Å²) in [5.74, 6) is -0.434. The summed E-state index contributed by atoms with van der Waals surface area (Å²) in [4.78, 5) is 22.9. The maximum atomic E-state index is 12.3. The van der Waals surface area contributed by atoms with Gasteiger partial charge in [-0.2, -0.15) is 0 Å². The predicted octanol–water partition coefficient (Wildman–Crippen LogP) is 2.08. The molecule has 0 saturated heterocycles. The topological polar surface area (TPSA) is 110 Å². The Balaban J connectivity index is 2.11. The largest absolute Gasteiger partial charge is 0.348 e. The highest BCUT2D eigenvalue weighted by Crippen LogP contribution is 2.21. The van der Waals surface area contributed by atoms with E-state index < -0.39 is 20.9 Å². The Hall–Kier alpha value is -2.78. The summed E-state index contributed by atoms with van der Waals surface area (Å²) < 4.78 is 25.2. The van der Waals surface area contributed by atoms with E-state index in [1.54, 1.807) is 12.1 Å². The van der Waals surface area contributed by atoms with Crippen molar-refractivity contribution in [1.82, 2.24) is 9.62 Å². The summed E-state index contributed by atoms with van der Waals surface area (Å²) >= 11 is 0. The van der Waals surface area contributed by atoms with Crippen LogP contribution in [0.4, 0.5) is 5.69 Å². The van der Waals surface area contributed by atoms with Crippen molar-refractivity contribution in [3.8, 4) is 0 Å².